The molecule has 0 atom stereocenters. The van der Waals surface area contributed by atoms with Crippen LogP contribution in [0.4, 0.5) is 5.69 Å². The van der Waals surface area contributed by atoms with Gasteiger partial charge in [-0.15, -0.1) is 0 Å². The van der Waals surface area contributed by atoms with Gasteiger partial charge in [0.05, 0.1) is 29.1 Å². The molecule has 0 unspecified atom stereocenters. The van der Waals surface area contributed by atoms with Crippen molar-refractivity contribution in [1.82, 2.24) is 9.97 Å². The lowest BCUT2D eigenvalue weighted by molar-refractivity contribution is 0.597. The second-order valence-corrected chi connectivity index (χ2v) is 7.72. The molecule has 0 radical (unpaired) electrons. The van der Waals surface area contributed by atoms with Crippen LogP contribution >= 0.6 is 0 Å². The molecule has 1 aromatic heterocycles. The van der Waals surface area contributed by atoms with Gasteiger partial charge in [-0.1, -0.05) is 13.8 Å². The Hall–Kier alpha value is -1.21. The number of hydrogen-bond acceptors (Lipinski definition) is 6. The number of nitrogens with zero attached hydrogens (tertiary/aromatic N) is 3. The van der Waals surface area contributed by atoms with Crippen LogP contribution in [0.25, 0.3) is 0 Å². The zero-order chi connectivity index (χ0) is 14.8. The van der Waals surface area contributed by atoms with E-state index in [-0.39, 0.29) is 17.4 Å². The molecular formula is C13H22N4O2S. The topological polar surface area (TPSA) is 89.2 Å². The first-order chi connectivity index (χ1) is 9.43. The number of hydrogen-bond donors (Lipinski definition) is 1. The summed E-state index contributed by atoms with van der Waals surface area (Å²) in [6, 6.07) is 0. The molecule has 0 saturated carbocycles. The molecule has 2 heterocycles. The summed E-state index contributed by atoms with van der Waals surface area (Å²) in [5.74, 6) is 1.46. The van der Waals surface area contributed by atoms with Crippen LogP contribution in [0.1, 0.15) is 37.7 Å². The van der Waals surface area contributed by atoms with Gasteiger partial charge in [0.15, 0.2) is 9.84 Å². The van der Waals surface area contributed by atoms with Gasteiger partial charge in [-0.05, 0) is 6.42 Å². The fourth-order valence-corrected chi connectivity index (χ4v) is 3.57. The number of anilines is 1. The number of aromatic nitrogens is 2. The van der Waals surface area contributed by atoms with E-state index in [0.717, 1.165) is 17.2 Å². The van der Waals surface area contributed by atoms with E-state index in [1.807, 2.05) is 18.7 Å². The van der Waals surface area contributed by atoms with Crippen molar-refractivity contribution < 1.29 is 8.42 Å². The van der Waals surface area contributed by atoms with E-state index in [0.29, 0.717) is 26.1 Å². The first kappa shape index (κ1) is 15.2. The summed E-state index contributed by atoms with van der Waals surface area (Å²) < 4.78 is 23.3. The van der Waals surface area contributed by atoms with Crippen molar-refractivity contribution in [3.05, 3.63) is 17.7 Å². The molecule has 0 spiro atoms. The molecule has 7 heteroatoms. The van der Waals surface area contributed by atoms with Gasteiger partial charge in [0.2, 0.25) is 0 Å². The summed E-state index contributed by atoms with van der Waals surface area (Å²) in [6.07, 6.45) is 2.42. The molecule has 1 fully saturated rings. The van der Waals surface area contributed by atoms with Gasteiger partial charge < -0.3 is 10.6 Å². The van der Waals surface area contributed by atoms with Crippen LogP contribution < -0.4 is 10.6 Å². The van der Waals surface area contributed by atoms with E-state index in [1.54, 1.807) is 6.20 Å². The normalized spacial score (nSPS) is 19.1. The van der Waals surface area contributed by atoms with E-state index in [1.165, 1.54) is 0 Å². The number of rotatable bonds is 3. The molecule has 1 aliphatic rings. The monoisotopic (exact) mass is 298 g/mol. The second-order valence-electron chi connectivity index (χ2n) is 5.41. The lowest BCUT2D eigenvalue weighted by atomic mass is 10.2. The lowest BCUT2D eigenvalue weighted by Crippen LogP contribution is -2.29. The quantitative estimate of drug-likeness (QED) is 0.883. The van der Waals surface area contributed by atoms with Crippen molar-refractivity contribution in [1.29, 1.82) is 0 Å². The number of sulfone groups is 1. The minimum Gasteiger partial charge on any atom is -0.368 e. The maximum Gasteiger partial charge on any atom is 0.152 e. The van der Waals surface area contributed by atoms with E-state index < -0.39 is 9.84 Å². The minimum absolute atomic E-state index is 0.183. The van der Waals surface area contributed by atoms with Crippen molar-refractivity contribution in [2.45, 2.75) is 32.7 Å². The van der Waals surface area contributed by atoms with Crippen LogP contribution in [-0.2, 0) is 16.4 Å². The first-order valence-electron chi connectivity index (χ1n) is 6.94. The van der Waals surface area contributed by atoms with Gasteiger partial charge in [-0.2, -0.15) is 0 Å². The lowest BCUT2D eigenvalue weighted by Gasteiger charge is -2.24. The van der Waals surface area contributed by atoms with Crippen LogP contribution in [0.2, 0.25) is 0 Å². The molecule has 0 aliphatic carbocycles. The largest absolute Gasteiger partial charge is 0.368 e. The Morgan fingerprint density at radius 3 is 2.75 bits per heavy atom. The highest BCUT2D eigenvalue weighted by Gasteiger charge is 2.21. The molecule has 0 aromatic carbocycles. The standard InChI is InChI=1S/C13H22N4O2S/c1-10(2)13-15-9-12(11(8-14)16-13)17-4-3-6-20(18,19)7-5-17/h9-10H,3-8,14H2,1-2H3. The Kier molecular flexibility index (Phi) is 4.59. The highest BCUT2D eigenvalue weighted by molar-refractivity contribution is 7.91. The fourth-order valence-electron chi connectivity index (χ4n) is 2.30. The Morgan fingerprint density at radius 2 is 2.10 bits per heavy atom. The van der Waals surface area contributed by atoms with Gasteiger partial charge >= 0.3 is 0 Å². The molecule has 2 N–H and O–H groups in total. The van der Waals surface area contributed by atoms with Crippen LogP contribution in [0.5, 0.6) is 0 Å². The summed E-state index contributed by atoms with van der Waals surface area (Å²) in [5.41, 5.74) is 7.45. The van der Waals surface area contributed by atoms with Gasteiger partial charge in [0, 0.05) is 25.6 Å². The summed E-state index contributed by atoms with van der Waals surface area (Å²) in [7, 11) is -2.92. The molecule has 6 nitrogen and oxygen atoms in total. The summed E-state index contributed by atoms with van der Waals surface area (Å²) in [6.45, 7) is 5.60. The maximum absolute atomic E-state index is 11.7. The SMILES string of the molecule is CC(C)c1ncc(N2CCCS(=O)(=O)CC2)c(CN)n1. The van der Waals surface area contributed by atoms with Crippen molar-refractivity contribution in [2.24, 2.45) is 5.73 Å². The van der Waals surface area contributed by atoms with Crippen LogP contribution in [0, 0.1) is 0 Å². The predicted octanol–water partition coefficient (Wildman–Crippen LogP) is 0.684. The van der Waals surface area contributed by atoms with Gasteiger partial charge in [-0.3, -0.25) is 0 Å². The van der Waals surface area contributed by atoms with Crippen molar-refractivity contribution in [3.63, 3.8) is 0 Å². The summed E-state index contributed by atoms with van der Waals surface area (Å²) in [4.78, 5) is 10.9. The Balaban J connectivity index is 2.28. The molecule has 1 saturated heterocycles. The van der Waals surface area contributed by atoms with Crippen molar-refractivity contribution in [2.75, 3.05) is 29.5 Å². The average Bonchev–Trinajstić information content (AvgIpc) is 2.59. The number of nitrogens with two attached hydrogens (primary N) is 1. The first-order valence-corrected chi connectivity index (χ1v) is 8.76. The molecule has 1 aromatic rings. The third kappa shape index (κ3) is 3.46. The van der Waals surface area contributed by atoms with Crippen LogP contribution in [-0.4, -0.2) is 43.0 Å². The average molecular weight is 298 g/mol. The smallest absolute Gasteiger partial charge is 0.152 e. The highest BCUT2D eigenvalue weighted by Crippen LogP contribution is 2.22. The Bertz CT molecular complexity index is 572. The molecular weight excluding hydrogens is 276 g/mol. The third-order valence-corrected chi connectivity index (χ3v) is 5.19. The predicted molar refractivity (Wildman–Crippen MR) is 79.5 cm³/mol. The molecule has 20 heavy (non-hydrogen) atoms. The molecule has 0 amide bonds. The van der Waals surface area contributed by atoms with Crippen molar-refractivity contribution in [3.8, 4) is 0 Å². The van der Waals surface area contributed by atoms with E-state index in [9.17, 15) is 8.42 Å². The second kappa shape index (κ2) is 6.05. The Morgan fingerprint density at radius 1 is 1.35 bits per heavy atom. The molecule has 2 rings (SSSR count). The Labute approximate surface area is 120 Å². The zero-order valence-electron chi connectivity index (χ0n) is 12.0. The van der Waals surface area contributed by atoms with Gasteiger partial charge in [0.1, 0.15) is 5.82 Å². The molecule has 1 aliphatic heterocycles. The molecule has 0 bridgehead atoms. The van der Waals surface area contributed by atoms with Gasteiger partial charge in [-0.25, -0.2) is 18.4 Å². The molecule has 112 valence electrons. The third-order valence-electron chi connectivity index (χ3n) is 3.47. The van der Waals surface area contributed by atoms with Gasteiger partial charge in [0.25, 0.3) is 0 Å². The van der Waals surface area contributed by atoms with Crippen molar-refractivity contribution >= 4 is 15.5 Å². The van der Waals surface area contributed by atoms with Crippen LogP contribution in [0.15, 0.2) is 6.20 Å². The van der Waals surface area contributed by atoms with E-state index in [2.05, 4.69) is 9.97 Å². The van der Waals surface area contributed by atoms with E-state index >= 15 is 0 Å². The fraction of sp³-hybridized carbons (Fsp3) is 0.692. The zero-order valence-corrected chi connectivity index (χ0v) is 12.9. The summed E-state index contributed by atoms with van der Waals surface area (Å²) in [5, 5.41) is 0. The maximum atomic E-state index is 11.7. The highest BCUT2D eigenvalue weighted by atomic mass is 32.2. The van der Waals surface area contributed by atoms with Crippen LogP contribution in [0.3, 0.4) is 0 Å². The summed E-state index contributed by atoms with van der Waals surface area (Å²) >= 11 is 0. The minimum atomic E-state index is -2.92. The van der Waals surface area contributed by atoms with E-state index in [4.69, 9.17) is 5.73 Å².